The van der Waals surface area contributed by atoms with Gasteiger partial charge in [0.15, 0.2) is 5.82 Å². The average molecular weight is 274 g/mol. The summed E-state index contributed by atoms with van der Waals surface area (Å²) in [6.07, 6.45) is 0. The molecule has 3 aromatic rings. The Bertz CT molecular complexity index is 774. The molecule has 0 amide bonds. The topological polar surface area (TPSA) is 51.8 Å². The quantitative estimate of drug-likeness (QED) is 0.736. The van der Waals surface area contributed by atoms with Gasteiger partial charge in [-0.25, -0.2) is 14.4 Å². The maximum atomic E-state index is 13.3. The van der Waals surface area contributed by atoms with Crippen molar-refractivity contribution in [2.24, 2.45) is 0 Å². The van der Waals surface area contributed by atoms with Crippen LogP contribution in [0.25, 0.3) is 22.3 Å². The largest absolute Gasteiger partial charge is 0.383 e. The Kier molecular flexibility index (Phi) is 2.80. The Balaban J connectivity index is 2.29. The Morgan fingerprint density at radius 1 is 1.05 bits per heavy atom. The molecule has 1 aromatic heterocycles. The Morgan fingerprint density at radius 3 is 2.63 bits per heavy atom. The highest BCUT2D eigenvalue weighted by Crippen LogP contribution is 2.28. The third-order valence-corrected chi connectivity index (χ3v) is 3.13. The van der Waals surface area contributed by atoms with E-state index in [9.17, 15) is 4.39 Å². The second-order valence-corrected chi connectivity index (χ2v) is 4.48. The molecule has 2 N–H and O–H groups in total. The predicted octanol–water partition coefficient (Wildman–Crippen LogP) is 3.67. The van der Waals surface area contributed by atoms with E-state index < -0.39 is 0 Å². The molecule has 0 saturated carbocycles. The van der Waals surface area contributed by atoms with Crippen molar-refractivity contribution < 1.29 is 4.39 Å². The number of anilines is 1. The highest BCUT2D eigenvalue weighted by molar-refractivity contribution is 6.33. The van der Waals surface area contributed by atoms with Crippen LogP contribution in [-0.4, -0.2) is 9.97 Å². The first kappa shape index (κ1) is 11.9. The van der Waals surface area contributed by atoms with Gasteiger partial charge in [-0.05, 0) is 24.3 Å². The number of hydrogen-bond donors (Lipinski definition) is 1. The minimum atomic E-state index is -0.365. The maximum Gasteiger partial charge on any atom is 0.163 e. The van der Waals surface area contributed by atoms with Gasteiger partial charge < -0.3 is 5.73 Å². The second kappa shape index (κ2) is 4.48. The Morgan fingerprint density at radius 2 is 1.84 bits per heavy atom. The zero-order valence-electron chi connectivity index (χ0n) is 9.77. The van der Waals surface area contributed by atoms with Crippen molar-refractivity contribution in [1.82, 2.24) is 9.97 Å². The monoisotopic (exact) mass is 273 g/mol. The van der Waals surface area contributed by atoms with E-state index in [0.717, 1.165) is 0 Å². The number of aromatic nitrogens is 2. The fourth-order valence-corrected chi connectivity index (χ4v) is 2.11. The van der Waals surface area contributed by atoms with Crippen LogP contribution < -0.4 is 5.73 Å². The SMILES string of the molecule is Nc1nc(-c2ccccc2Cl)nc2cc(F)ccc12. The van der Waals surface area contributed by atoms with Crippen LogP contribution in [0, 0.1) is 5.82 Å². The third-order valence-electron chi connectivity index (χ3n) is 2.80. The number of nitrogens with two attached hydrogens (primary N) is 1. The predicted molar refractivity (Wildman–Crippen MR) is 74.4 cm³/mol. The lowest BCUT2D eigenvalue weighted by molar-refractivity contribution is 0.629. The van der Waals surface area contributed by atoms with Crippen molar-refractivity contribution in [1.29, 1.82) is 0 Å². The van der Waals surface area contributed by atoms with Gasteiger partial charge in [-0.15, -0.1) is 0 Å². The molecule has 0 aliphatic heterocycles. The molecule has 94 valence electrons. The molecule has 0 aliphatic rings. The van der Waals surface area contributed by atoms with E-state index in [4.69, 9.17) is 17.3 Å². The summed E-state index contributed by atoms with van der Waals surface area (Å²) >= 11 is 6.10. The number of halogens is 2. The van der Waals surface area contributed by atoms with Crippen molar-refractivity contribution in [2.75, 3.05) is 5.73 Å². The summed E-state index contributed by atoms with van der Waals surface area (Å²) in [7, 11) is 0. The van der Waals surface area contributed by atoms with Gasteiger partial charge in [0.1, 0.15) is 11.6 Å². The summed E-state index contributed by atoms with van der Waals surface area (Å²) in [5, 5.41) is 1.15. The van der Waals surface area contributed by atoms with Crippen molar-refractivity contribution in [3.63, 3.8) is 0 Å². The van der Waals surface area contributed by atoms with Crippen LogP contribution in [0.3, 0.4) is 0 Å². The van der Waals surface area contributed by atoms with Gasteiger partial charge in [0.25, 0.3) is 0 Å². The van der Waals surface area contributed by atoms with Gasteiger partial charge >= 0.3 is 0 Å². The molecule has 3 rings (SSSR count). The molecule has 0 aliphatic carbocycles. The summed E-state index contributed by atoms with van der Waals surface area (Å²) in [5.74, 6) is 0.330. The molecular formula is C14H9ClFN3. The van der Waals surface area contributed by atoms with E-state index >= 15 is 0 Å². The highest BCUT2D eigenvalue weighted by Gasteiger charge is 2.10. The molecule has 1 heterocycles. The fraction of sp³-hybridized carbons (Fsp3) is 0. The van der Waals surface area contributed by atoms with E-state index in [-0.39, 0.29) is 5.82 Å². The molecular weight excluding hydrogens is 265 g/mol. The second-order valence-electron chi connectivity index (χ2n) is 4.07. The van der Waals surface area contributed by atoms with Gasteiger partial charge in [-0.1, -0.05) is 23.7 Å². The molecule has 2 aromatic carbocycles. The molecule has 0 bridgehead atoms. The lowest BCUT2D eigenvalue weighted by Crippen LogP contribution is -1.98. The van der Waals surface area contributed by atoms with Crippen LogP contribution >= 0.6 is 11.6 Å². The number of hydrogen-bond acceptors (Lipinski definition) is 3. The van der Waals surface area contributed by atoms with Crippen LogP contribution in [-0.2, 0) is 0 Å². The van der Waals surface area contributed by atoms with Crippen LogP contribution in [0.4, 0.5) is 10.2 Å². The molecule has 0 radical (unpaired) electrons. The van der Waals surface area contributed by atoms with Gasteiger partial charge in [0.05, 0.1) is 10.5 Å². The van der Waals surface area contributed by atoms with Gasteiger partial charge in [-0.2, -0.15) is 0 Å². The van der Waals surface area contributed by atoms with E-state index in [0.29, 0.717) is 33.1 Å². The van der Waals surface area contributed by atoms with Gasteiger partial charge in [-0.3, -0.25) is 0 Å². The number of benzene rings is 2. The Labute approximate surface area is 113 Å². The first-order valence-corrected chi connectivity index (χ1v) is 6.00. The molecule has 3 nitrogen and oxygen atoms in total. The number of nitrogens with zero attached hydrogens (tertiary/aromatic N) is 2. The lowest BCUT2D eigenvalue weighted by Gasteiger charge is -2.06. The molecule has 0 atom stereocenters. The lowest BCUT2D eigenvalue weighted by atomic mass is 10.2. The minimum Gasteiger partial charge on any atom is -0.383 e. The number of fused-ring (bicyclic) bond motifs is 1. The van der Waals surface area contributed by atoms with Crippen molar-refractivity contribution in [3.05, 3.63) is 53.3 Å². The van der Waals surface area contributed by atoms with Crippen molar-refractivity contribution >= 4 is 28.3 Å². The van der Waals surface area contributed by atoms with Gasteiger partial charge in [0, 0.05) is 17.0 Å². The molecule has 0 fully saturated rings. The fourth-order valence-electron chi connectivity index (χ4n) is 1.89. The van der Waals surface area contributed by atoms with E-state index in [2.05, 4.69) is 9.97 Å². The third kappa shape index (κ3) is 2.11. The zero-order chi connectivity index (χ0) is 13.4. The van der Waals surface area contributed by atoms with E-state index in [1.165, 1.54) is 12.1 Å². The van der Waals surface area contributed by atoms with E-state index in [1.54, 1.807) is 18.2 Å². The average Bonchev–Trinajstić information content (AvgIpc) is 2.38. The van der Waals surface area contributed by atoms with E-state index in [1.807, 2.05) is 12.1 Å². The van der Waals surface area contributed by atoms with Crippen LogP contribution in [0.15, 0.2) is 42.5 Å². The summed E-state index contributed by atoms with van der Waals surface area (Å²) in [6, 6.07) is 11.4. The summed E-state index contributed by atoms with van der Waals surface area (Å²) in [4.78, 5) is 8.53. The zero-order valence-corrected chi connectivity index (χ0v) is 10.5. The highest BCUT2D eigenvalue weighted by atomic mass is 35.5. The first-order valence-electron chi connectivity index (χ1n) is 5.63. The van der Waals surface area contributed by atoms with Crippen molar-refractivity contribution in [3.8, 4) is 11.4 Å². The summed E-state index contributed by atoms with van der Waals surface area (Å²) in [6.45, 7) is 0. The standard InChI is InChI=1S/C14H9ClFN3/c15-11-4-2-1-3-9(11)14-18-12-7-8(16)5-6-10(12)13(17)19-14/h1-7H,(H2,17,18,19). The van der Waals surface area contributed by atoms with Crippen LogP contribution in [0.5, 0.6) is 0 Å². The van der Waals surface area contributed by atoms with Crippen LogP contribution in [0.1, 0.15) is 0 Å². The van der Waals surface area contributed by atoms with Crippen molar-refractivity contribution in [2.45, 2.75) is 0 Å². The summed E-state index contributed by atoms with van der Waals surface area (Å²) in [5.41, 5.74) is 7.01. The van der Waals surface area contributed by atoms with Crippen LogP contribution in [0.2, 0.25) is 5.02 Å². The molecule has 0 unspecified atom stereocenters. The number of nitrogen functional groups attached to an aromatic ring is 1. The Hall–Kier alpha value is -2.20. The normalized spacial score (nSPS) is 10.8. The minimum absolute atomic E-state index is 0.305. The molecule has 5 heteroatoms. The summed E-state index contributed by atoms with van der Waals surface area (Å²) < 4.78 is 13.3. The smallest absolute Gasteiger partial charge is 0.163 e. The number of rotatable bonds is 1. The maximum absolute atomic E-state index is 13.3. The first-order chi connectivity index (χ1) is 9.15. The molecule has 0 spiro atoms. The molecule has 0 saturated heterocycles. The molecule has 19 heavy (non-hydrogen) atoms. The van der Waals surface area contributed by atoms with Gasteiger partial charge in [0.2, 0.25) is 0 Å².